The first-order valence-electron chi connectivity index (χ1n) is 13.8. The average molecular weight is 528 g/mol. The first-order valence-corrected chi connectivity index (χ1v) is 13.8. The number of anilines is 1. The van der Waals surface area contributed by atoms with Crippen LogP contribution in [0.5, 0.6) is 0 Å². The van der Waals surface area contributed by atoms with Gasteiger partial charge in [0, 0.05) is 43.4 Å². The van der Waals surface area contributed by atoms with E-state index >= 15 is 0 Å². The van der Waals surface area contributed by atoms with E-state index in [-0.39, 0.29) is 29.1 Å². The van der Waals surface area contributed by atoms with Crippen LogP contribution in [0.15, 0.2) is 52.2 Å². The van der Waals surface area contributed by atoms with Crippen LogP contribution in [-0.2, 0) is 24.4 Å². The molecule has 3 N–H and O–H groups in total. The molecule has 1 aromatic carbocycles. The minimum Gasteiger partial charge on any atom is -0.366 e. The maximum Gasteiger partial charge on any atom is 0.333 e. The molecule has 2 saturated carbocycles. The van der Waals surface area contributed by atoms with Gasteiger partial charge < -0.3 is 15.6 Å². The number of aryl methyl sites for hydroxylation is 1. The number of hydrogen-bond acceptors (Lipinski definition) is 6. The fraction of sp³-hybridized carbons (Fsp3) is 0.414. The van der Waals surface area contributed by atoms with E-state index in [1.165, 1.54) is 4.57 Å². The Bertz CT molecular complexity index is 1630. The molecule has 0 atom stereocenters. The highest BCUT2D eigenvalue weighted by atomic mass is 16.2. The molecule has 2 aliphatic rings. The predicted octanol–water partition coefficient (Wildman–Crippen LogP) is 3.72. The maximum atomic E-state index is 13.1. The Morgan fingerprint density at radius 2 is 1.87 bits per heavy atom. The molecule has 202 valence electrons. The third-order valence-electron chi connectivity index (χ3n) is 7.61. The topological polar surface area (TPSA) is 127 Å². The van der Waals surface area contributed by atoms with Gasteiger partial charge in [-0.2, -0.15) is 0 Å². The smallest absolute Gasteiger partial charge is 0.333 e. The Hall–Kier alpha value is -4.21. The standard InChI is InChI=1S/C29H33N7O3/c1-2-13-35-26-24(28(38)36(29(35)39)22-10-11-22)33-25(34-26)21-9-12-23(31-17-21)30-15-18-5-3-6-19(14-18)16-32-27(37)20-7-4-8-20/h3,5-6,9,12,14,17,20,22H,2,4,7-8,10-11,13,15-16H2,1H3,(H,30,31)(H,32,37)(H,33,34). The number of nitrogens with one attached hydrogen (secondary N) is 3. The van der Waals surface area contributed by atoms with Gasteiger partial charge in [-0.05, 0) is 55.4 Å². The normalized spacial score (nSPS) is 15.3. The van der Waals surface area contributed by atoms with E-state index in [2.05, 4.69) is 31.7 Å². The summed E-state index contributed by atoms with van der Waals surface area (Å²) in [7, 11) is 0. The second-order valence-corrected chi connectivity index (χ2v) is 10.6. The highest BCUT2D eigenvalue weighted by Gasteiger charge is 2.30. The van der Waals surface area contributed by atoms with Crippen LogP contribution in [-0.4, -0.2) is 30.0 Å². The van der Waals surface area contributed by atoms with Gasteiger partial charge in [-0.3, -0.25) is 18.7 Å². The molecule has 10 heteroatoms. The van der Waals surface area contributed by atoms with Crippen LogP contribution in [0.1, 0.15) is 62.6 Å². The maximum absolute atomic E-state index is 13.1. The number of aromatic amines is 1. The molecule has 10 nitrogen and oxygen atoms in total. The monoisotopic (exact) mass is 527 g/mol. The van der Waals surface area contributed by atoms with Gasteiger partial charge in [0.15, 0.2) is 5.65 Å². The number of benzene rings is 1. The molecular formula is C29H33N7O3. The third kappa shape index (κ3) is 5.10. The van der Waals surface area contributed by atoms with Crippen molar-refractivity contribution in [2.45, 2.75) is 71.1 Å². The van der Waals surface area contributed by atoms with Gasteiger partial charge in [0.2, 0.25) is 5.91 Å². The Morgan fingerprint density at radius 1 is 1.08 bits per heavy atom. The molecule has 2 fully saturated rings. The van der Waals surface area contributed by atoms with Gasteiger partial charge in [-0.15, -0.1) is 0 Å². The summed E-state index contributed by atoms with van der Waals surface area (Å²) < 4.78 is 2.98. The van der Waals surface area contributed by atoms with Crippen molar-refractivity contribution in [3.8, 4) is 11.4 Å². The van der Waals surface area contributed by atoms with E-state index in [1.807, 2.05) is 37.3 Å². The number of H-pyrrole nitrogens is 1. The van der Waals surface area contributed by atoms with Crippen molar-refractivity contribution in [3.63, 3.8) is 0 Å². The average Bonchev–Trinajstić information content (AvgIpc) is 3.65. The van der Waals surface area contributed by atoms with Gasteiger partial charge >= 0.3 is 5.69 Å². The highest BCUT2D eigenvalue weighted by Crippen LogP contribution is 2.32. The van der Waals surface area contributed by atoms with Gasteiger partial charge in [0.25, 0.3) is 5.56 Å². The number of imidazole rings is 1. The summed E-state index contributed by atoms with van der Waals surface area (Å²) in [5, 5.41) is 6.38. The lowest BCUT2D eigenvalue weighted by molar-refractivity contribution is -0.127. The number of carbonyl (C=O) groups excluding carboxylic acids is 1. The van der Waals surface area contributed by atoms with E-state index in [1.54, 1.807) is 10.8 Å². The van der Waals surface area contributed by atoms with E-state index in [0.717, 1.165) is 55.2 Å². The van der Waals surface area contributed by atoms with Gasteiger partial charge in [-0.25, -0.2) is 14.8 Å². The molecule has 3 aromatic heterocycles. The van der Waals surface area contributed by atoms with E-state index in [0.29, 0.717) is 42.4 Å². The van der Waals surface area contributed by atoms with E-state index < -0.39 is 0 Å². The van der Waals surface area contributed by atoms with E-state index in [4.69, 9.17) is 0 Å². The van der Waals surface area contributed by atoms with Crippen LogP contribution in [0.25, 0.3) is 22.6 Å². The number of nitrogens with zero attached hydrogens (tertiary/aromatic N) is 4. The molecule has 0 unspecified atom stereocenters. The lowest BCUT2D eigenvalue weighted by atomic mass is 9.85. The molecule has 6 rings (SSSR count). The fourth-order valence-corrected chi connectivity index (χ4v) is 5.04. The molecule has 39 heavy (non-hydrogen) atoms. The first-order chi connectivity index (χ1) is 19.0. The number of pyridine rings is 1. The summed E-state index contributed by atoms with van der Waals surface area (Å²) in [6.07, 6.45) is 7.32. The van der Waals surface area contributed by atoms with Crippen LogP contribution in [0.4, 0.5) is 5.82 Å². The minimum absolute atomic E-state index is 0.0111. The van der Waals surface area contributed by atoms with Crippen molar-refractivity contribution in [3.05, 3.63) is 74.6 Å². The number of rotatable bonds is 10. The number of hydrogen-bond donors (Lipinski definition) is 3. The first kappa shape index (κ1) is 25.1. The van der Waals surface area contributed by atoms with Crippen LogP contribution < -0.4 is 21.9 Å². The molecule has 1 amide bonds. The largest absolute Gasteiger partial charge is 0.366 e. The summed E-state index contributed by atoms with van der Waals surface area (Å²) in [4.78, 5) is 50.5. The second kappa shape index (κ2) is 10.5. The van der Waals surface area contributed by atoms with Crippen molar-refractivity contribution in [2.75, 3.05) is 5.32 Å². The number of aromatic nitrogens is 5. The molecule has 0 spiro atoms. The van der Waals surface area contributed by atoms with Crippen LogP contribution in [0.2, 0.25) is 0 Å². The van der Waals surface area contributed by atoms with Crippen molar-refractivity contribution in [1.29, 1.82) is 0 Å². The summed E-state index contributed by atoms with van der Waals surface area (Å²) in [6, 6.07) is 11.9. The minimum atomic E-state index is -0.306. The summed E-state index contributed by atoms with van der Waals surface area (Å²) in [5.41, 5.74) is 3.05. The lowest BCUT2D eigenvalue weighted by Gasteiger charge is -2.24. The Balaban J connectivity index is 1.15. The van der Waals surface area contributed by atoms with Crippen molar-refractivity contribution in [1.82, 2.24) is 29.4 Å². The van der Waals surface area contributed by atoms with Crippen LogP contribution in [0, 0.1) is 5.92 Å². The molecule has 2 aliphatic carbocycles. The zero-order chi connectivity index (χ0) is 26.9. The van der Waals surface area contributed by atoms with Gasteiger partial charge in [0.1, 0.15) is 17.2 Å². The number of fused-ring (bicyclic) bond motifs is 1. The molecular weight excluding hydrogens is 494 g/mol. The van der Waals surface area contributed by atoms with E-state index in [9.17, 15) is 14.4 Å². The highest BCUT2D eigenvalue weighted by molar-refractivity contribution is 5.79. The summed E-state index contributed by atoms with van der Waals surface area (Å²) in [5.74, 6) is 1.56. The van der Waals surface area contributed by atoms with Gasteiger partial charge in [-0.1, -0.05) is 37.6 Å². The van der Waals surface area contributed by atoms with Crippen LogP contribution in [0.3, 0.4) is 0 Å². The number of amides is 1. The molecule has 3 heterocycles. The SMILES string of the molecule is CCCn1c(=O)n(C2CC2)c(=O)c2[nH]c(-c3ccc(NCc4cccc(CNC(=O)C5CCC5)c4)nc3)nc21. The van der Waals surface area contributed by atoms with Gasteiger partial charge in [0.05, 0.1) is 0 Å². The Morgan fingerprint density at radius 3 is 2.54 bits per heavy atom. The molecule has 0 saturated heterocycles. The van der Waals surface area contributed by atoms with Crippen molar-refractivity contribution < 1.29 is 4.79 Å². The van der Waals surface area contributed by atoms with Crippen LogP contribution >= 0.6 is 0 Å². The zero-order valence-corrected chi connectivity index (χ0v) is 22.1. The molecule has 0 aliphatic heterocycles. The van der Waals surface area contributed by atoms with Crippen molar-refractivity contribution >= 4 is 22.9 Å². The zero-order valence-electron chi connectivity index (χ0n) is 22.1. The number of carbonyl (C=O) groups is 1. The summed E-state index contributed by atoms with van der Waals surface area (Å²) in [6.45, 7) is 3.62. The second-order valence-electron chi connectivity index (χ2n) is 10.6. The fourth-order valence-electron chi connectivity index (χ4n) is 5.04. The quantitative estimate of drug-likeness (QED) is 0.289. The lowest BCUT2D eigenvalue weighted by Crippen LogP contribution is -2.39. The predicted molar refractivity (Wildman–Crippen MR) is 149 cm³/mol. The third-order valence-corrected chi connectivity index (χ3v) is 7.61. The molecule has 0 bridgehead atoms. The molecule has 4 aromatic rings. The van der Waals surface area contributed by atoms with Crippen molar-refractivity contribution in [2.24, 2.45) is 5.92 Å². The summed E-state index contributed by atoms with van der Waals surface area (Å²) >= 11 is 0. The molecule has 0 radical (unpaired) electrons. The Labute approximate surface area is 225 Å². The Kier molecular flexibility index (Phi) is 6.76.